The van der Waals surface area contributed by atoms with E-state index in [4.69, 9.17) is 9.47 Å². The number of anilines is 1. The summed E-state index contributed by atoms with van der Waals surface area (Å²) in [6.07, 6.45) is 0. The van der Waals surface area contributed by atoms with E-state index in [9.17, 15) is 8.42 Å². The Kier molecular flexibility index (Phi) is 6.13. The predicted molar refractivity (Wildman–Crippen MR) is 115 cm³/mol. The molecule has 0 unspecified atom stereocenters. The van der Waals surface area contributed by atoms with Crippen LogP contribution in [0.5, 0.6) is 11.5 Å². The van der Waals surface area contributed by atoms with Gasteiger partial charge in [-0.2, -0.15) is 0 Å². The smallest absolute Gasteiger partial charge is 0.264 e. The van der Waals surface area contributed by atoms with E-state index in [2.05, 4.69) is 0 Å². The van der Waals surface area contributed by atoms with Crippen LogP contribution in [-0.2, 0) is 10.0 Å². The summed E-state index contributed by atoms with van der Waals surface area (Å²) in [7, 11) is -0.680. The number of nitrogens with zero attached hydrogens (tertiary/aromatic N) is 1. The molecule has 3 rings (SSSR count). The van der Waals surface area contributed by atoms with Crippen molar-refractivity contribution in [3.63, 3.8) is 0 Å². The monoisotopic (exact) mass is 411 g/mol. The van der Waals surface area contributed by atoms with E-state index in [-0.39, 0.29) is 4.90 Å². The van der Waals surface area contributed by atoms with Gasteiger partial charge in [0.25, 0.3) is 10.0 Å². The third-order valence-electron chi connectivity index (χ3n) is 4.83. The van der Waals surface area contributed by atoms with Crippen LogP contribution in [0.15, 0.2) is 77.7 Å². The second-order valence-electron chi connectivity index (χ2n) is 6.76. The number of aryl methyl sites for hydroxylation is 1. The Morgan fingerprint density at radius 3 is 2.03 bits per heavy atom. The fraction of sp³-hybridized carbons (Fsp3) is 0.217. The lowest BCUT2D eigenvalue weighted by Crippen LogP contribution is -2.33. The average molecular weight is 412 g/mol. The number of hydrogen-bond donors (Lipinski definition) is 0. The molecule has 0 heterocycles. The van der Waals surface area contributed by atoms with Gasteiger partial charge in [0.15, 0.2) is 0 Å². The van der Waals surface area contributed by atoms with Gasteiger partial charge in [0.2, 0.25) is 0 Å². The Bertz CT molecular complexity index is 1060. The van der Waals surface area contributed by atoms with Crippen molar-refractivity contribution >= 4 is 15.7 Å². The summed E-state index contributed by atoms with van der Waals surface area (Å²) in [6, 6.07) is 20.9. The normalized spacial score (nSPS) is 12.3. The topological polar surface area (TPSA) is 55.8 Å². The van der Waals surface area contributed by atoms with Crippen molar-refractivity contribution in [1.82, 2.24) is 0 Å². The molecule has 6 heteroatoms. The summed E-state index contributed by atoms with van der Waals surface area (Å²) in [6.45, 7) is 3.84. The third kappa shape index (κ3) is 4.38. The molecule has 3 aromatic carbocycles. The van der Waals surface area contributed by atoms with E-state index in [1.54, 1.807) is 38.5 Å². The molecule has 0 fully saturated rings. The van der Waals surface area contributed by atoms with E-state index >= 15 is 0 Å². The Morgan fingerprint density at radius 1 is 0.828 bits per heavy atom. The molecule has 0 saturated heterocycles. The van der Waals surface area contributed by atoms with Crippen LogP contribution in [-0.4, -0.2) is 22.6 Å². The number of ether oxygens (including phenoxy) is 2. The predicted octanol–water partition coefficient (Wildman–Crippen LogP) is 4.97. The maximum Gasteiger partial charge on any atom is 0.264 e. The van der Waals surface area contributed by atoms with Gasteiger partial charge in [-0.1, -0.05) is 29.8 Å². The molecule has 3 aromatic rings. The van der Waals surface area contributed by atoms with Crippen molar-refractivity contribution < 1.29 is 17.9 Å². The van der Waals surface area contributed by atoms with Crippen LogP contribution >= 0.6 is 0 Å². The molecule has 0 bridgehead atoms. The molecule has 0 saturated carbocycles. The number of rotatable bonds is 7. The van der Waals surface area contributed by atoms with Crippen molar-refractivity contribution in [2.45, 2.75) is 24.8 Å². The molecule has 0 aliphatic rings. The molecule has 152 valence electrons. The Morgan fingerprint density at radius 2 is 1.45 bits per heavy atom. The lowest BCUT2D eigenvalue weighted by atomic mass is 10.1. The first-order valence-corrected chi connectivity index (χ1v) is 10.7. The Balaban J connectivity index is 2.12. The summed E-state index contributed by atoms with van der Waals surface area (Å²) in [5.41, 5.74) is 2.49. The van der Waals surface area contributed by atoms with E-state index in [0.29, 0.717) is 17.2 Å². The second-order valence-corrected chi connectivity index (χ2v) is 8.58. The fourth-order valence-corrected chi connectivity index (χ4v) is 4.80. The average Bonchev–Trinajstić information content (AvgIpc) is 2.75. The Hall–Kier alpha value is -2.99. The van der Waals surface area contributed by atoms with E-state index < -0.39 is 16.1 Å². The maximum atomic E-state index is 13.6. The molecule has 0 N–H and O–H groups in total. The second kappa shape index (κ2) is 8.57. The molecule has 1 atom stereocenters. The zero-order valence-electron chi connectivity index (χ0n) is 17.0. The van der Waals surface area contributed by atoms with Crippen molar-refractivity contribution in [1.29, 1.82) is 0 Å². The molecule has 0 aromatic heterocycles. The highest BCUT2D eigenvalue weighted by molar-refractivity contribution is 7.92. The van der Waals surface area contributed by atoms with Gasteiger partial charge >= 0.3 is 0 Å². The molecule has 0 aliphatic carbocycles. The van der Waals surface area contributed by atoms with Crippen LogP contribution in [0, 0.1) is 6.92 Å². The van der Waals surface area contributed by atoms with E-state index in [1.807, 2.05) is 62.4 Å². The van der Waals surface area contributed by atoms with Gasteiger partial charge in [-0.25, -0.2) is 8.42 Å². The molecule has 29 heavy (non-hydrogen) atoms. The van der Waals surface area contributed by atoms with Gasteiger partial charge in [-0.05, 0) is 67.9 Å². The molecular formula is C23H25NO4S. The Labute approximate surface area is 172 Å². The number of methoxy groups -OCH3 is 2. The fourth-order valence-electron chi connectivity index (χ4n) is 3.16. The van der Waals surface area contributed by atoms with Crippen LogP contribution in [0.1, 0.15) is 24.1 Å². The van der Waals surface area contributed by atoms with Gasteiger partial charge < -0.3 is 9.47 Å². The first-order chi connectivity index (χ1) is 13.9. The third-order valence-corrected chi connectivity index (χ3v) is 6.75. The first kappa shape index (κ1) is 20.7. The van der Waals surface area contributed by atoms with E-state index in [0.717, 1.165) is 11.1 Å². The number of benzene rings is 3. The van der Waals surface area contributed by atoms with Crippen LogP contribution in [0.25, 0.3) is 0 Å². The lowest BCUT2D eigenvalue weighted by Gasteiger charge is -2.31. The summed E-state index contributed by atoms with van der Waals surface area (Å²) in [5.74, 6) is 1.28. The SMILES string of the molecule is COc1ccc(S(=O)(=O)N(c2ccc(C)cc2)[C@H](C)c2cccc(OC)c2)cc1. The zero-order valence-corrected chi connectivity index (χ0v) is 17.8. The highest BCUT2D eigenvalue weighted by Gasteiger charge is 2.30. The minimum absolute atomic E-state index is 0.202. The minimum Gasteiger partial charge on any atom is -0.497 e. The highest BCUT2D eigenvalue weighted by atomic mass is 32.2. The molecule has 0 amide bonds. The number of hydrogen-bond acceptors (Lipinski definition) is 4. The van der Waals surface area contributed by atoms with Crippen molar-refractivity contribution in [3.05, 3.63) is 83.9 Å². The van der Waals surface area contributed by atoms with Gasteiger partial charge in [0.1, 0.15) is 11.5 Å². The largest absolute Gasteiger partial charge is 0.497 e. The molecule has 0 radical (unpaired) electrons. The summed E-state index contributed by atoms with van der Waals surface area (Å²) in [5, 5.41) is 0. The lowest BCUT2D eigenvalue weighted by molar-refractivity contribution is 0.414. The number of sulfonamides is 1. The summed E-state index contributed by atoms with van der Waals surface area (Å²) in [4.78, 5) is 0.202. The standard InChI is InChI=1S/C23H25NO4S/c1-17-8-10-20(11-9-17)24(18(2)19-6-5-7-22(16-19)28-4)29(25,26)23-14-12-21(27-3)13-15-23/h5-16,18H,1-4H3/t18-/m1/s1. The molecule has 0 aliphatic heterocycles. The summed E-state index contributed by atoms with van der Waals surface area (Å²) < 4.78 is 39.2. The van der Waals surface area contributed by atoms with Gasteiger partial charge in [0, 0.05) is 0 Å². The molecule has 5 nitrogen and oxygen atoms in total. The van der Waals surface area contributed by atoms with Gasteiger partial charge in [-0.15, -0.1) is 0 Å². The zero-order chi connectivity index (χ0) is 21.0. The van der Waals surface area contributed by atoms with Crippen LogP contribution in [0.4, 0.5) is 5.69 Å². The molecular weight excluding hydrogens is 386 g/mol. The van der Waals surface area contributed by atoms with Gasteiger partial charge in [0.05, 0.1) is 30.8 Å². The van der Waals surface area contributed by atoms with Crippen LogP contribution < -0.4 is 13.8 Å². The van der Waals surface area contributed by atoms with Crippen molar-refractivity contribution in [3.8, 4) is 11.5 Å². The van der Waals surface area contributed by atoms with Crippen LogP contribution in [0.3, 0.4) is 0 Å². The first-order valence-electron chi connectivity index (χ1n) is 9.26. The van der Waals surface area contributed by atoms with Crippen molar-refractivity contribution in [2.75, 3.05) is 18.5 Å². The maximum absolute atomic E-state index is 13.6. The summed E-state index contributed by atoms with van der Waals surface area (Å²) >= 11 is 0. The van der Waals surface area contributed by atoms with Crippen LogP contribution in [0.2, 0.25) is 0 Å². The quantitative estimate of drug-likeness (QED) is 0.551. The van der Waals surface area contributed by atoms with E-state index in [1.165, 1.54) is 4.31 Å². The highest BCUT2D eigenvalue weighted by Crippen LogP contribution is 2.34. The van der Waals surface area contributed by atoms with Crippen molar-refractivity contribution in [2.24, 2.45) is 0 Å². The van der Waals surface area contributed by atoms with Gasteiger partial charge in [-0.3, -0.25) is 4.31 Å². The minimum atomic E-state index is -3.82. The molecule has 0 spiro atoms.